The van der Waals surface area contributed by atoms with E-state index in [0.717, 1.165) is 31.1 Å². The van der Waals surface area contributed by atoms with Gasteiger partial charge in [0.05, 0.1) is 41.8 Å². The number of rotatable bonds is 4. The average Bonchev–Trinajstić information content (AvgIpc) is 2.78. The minimum absolute atomic E-state index is 0. The quantitative estimate of drug-likeness (QED) is 0.170. The Morgan fingerprint density at radius 2 is 1.82 bits per heavy atom. The number of nitro benzene ring substituents is 1. The molecule has 33 heavy (non-hydrogen) atoms. The van der Waals surface area contributed by atoms with Crippen molar-refractivity contribution in [2.45, 2.75) is 0 Å². The van der Waals surface area contributed by atoms with E-state index in [4.69, 9.17) is 23.8 Å². The van der Waals surface area contributed by atoms with Crippen LogP contribution in [0.5, 0.6) is 0 Å². The fraction of sp³-hybridized carbons (Fsp3) is 0.190. The zero-order chi connectivity index (χ0) is 22.8. The van der Waals surface area contributed by atoms with Gasteiger partial charge in [0.25, 0.3) is 17.5 Å². The van der Waals surface area contributed by atoms with Gasteiger partial charge in [-0.05, 0) is 36.5 Å². The molecule has 0 saturated carbocycles. The van der Waals surface area contributed by atoms with Crippen LogP contribution in [0.25, 0.3) is 6.08 Å². The Morgan fingerprint density at radius 1 is 1.12 bits per heavy atom. The Labute approximate surface area is 205 Å². The standard InChI is InChI=1S/C21H18ClN5O4S.ClH/c22-16-3-1-2-4-18(16)26-20(29)15(19(28)24-21(26)32)12-13-11-14(27(30)31)5-6-17(13)25-9-7-23-8-10-25;/h1-6,11-12,23H,7-10H2,(H,24,28,32);1H/b15-12-;. The molecule has 0 radical (unpaired) electrons. The molecular formula is C21H19Cl2N5O4S. The number of halogens is 2. The number of non-ortho nitro benzene ring substituents is 1. The highest BCUT2D eigenvalue weighted by Crippen LogP contribution is 2.31. The molecule has 2 aromatic rings. The lowest BCUT2D eigenvalue weighted by molar-refractivity contribution is -0.655. The summed E-state index contributed by atoms with van der Waals surface area (Å²) in [6.45, 7) is 3.23. The second kappa shape index (κ2) is 10.3. The molecule has 0 atom stereocenters. The summed E-state index contributed by atoms with van der Waals surface area (Å²) < 4.78 is 0. The van der Waals surface area contributed by atoms with E-state index >= 15 is 0 Å². The van der Waals surface area contributed by atoms with E-state index in [1.807, 2.05) is 0 Å². The molecule has 9 nitrogen and oxygen atoms in total. The highest BCUT2D eigenvalue weighted by molar-refractivity contribution is 7.80. The van der Waals surface area contributed by atoms with Gasteiger partial charge in [-0.3, -0.25) is 29.9 Å². The number of carbonyl (C=O) groups is 2. The third-order valence-corrected chi connectivity index (χ3v) is 5.87. The number of hydrogen-bond acceptors (Lipinski definition) is 6. The molecule has 2 amide bonds. The summed E-state index contributed by atoms with van der Waals surface area (Å²) in [5.74, 6) is -1.33. The van der Waals surface area contributed by atoms with Crippen LogP contribution < -0.4 is 32.8 Å². The van der Waals surface area contributed by atoms with E-state index in [2.05, 4.69) is 15.5 Å². The minimum Gasteiger partial charge on any atom is -1.00 e. The Balaban J connectivity index is 0.00000306. The molecule has 2 saturated heterocycles. The number of piperazine rings is 1. The monoisotopic (exact) mass is 507 g/mol. The fourth-order valence-electron chi connectivity index (χ4n) is 3.72. The van der Waals surface area contributed by atoms with Crippen molar-refractivity contribution in [3.63, 3.8) is 0 Å². The van der Waals surface area contributed by atoms with Gasteiger partial charge in [-0.15, -0.1) is 0 Å². The van der Waals surface area contributed by atoms with Crippen LogP contribution in [0.3, 0.4) is 0 Å². The van der Waals surface area contributed by atoms with Crippen LogP contribution in [-0.2, 0) is 9.59 Å². The maximum Gasteiger partial charge on any atom is 0.270 e. The Morgan fingerprint density at radius 3 is 2.48 bits per heavy atom. The molecule has 2 aliphatic heterocycles. The molecule has 0 spiro atoms. The van der Waals surface area contributed by atoms with Crippen LogP contribution in [-0.4, -0.2) is 48.0 Å². The van der Waals surface area contributed by atoms with Crippen LogP contribution >= 0.6 is 23.8 Å². The topological polar surface area (TPSA) is 112 Å². The van der Waals surface area contributed by atoms with Crippen molar-refractivity contribution in [1.82, 2.24) is 5.32 Å². The number of thiocarbonyl (C=S) groups is 1. The number of nitrogens with two attached hydrogens (primary N) is 1. The average molecular weight is 508 g/mol. The maximum atomic E-state index is 13.3. The molecule has 3 N–H and O–H groups in total. The number of hydrogen-bond donors (Lipinski definition) is 2. The van der Waals surface area contributed by atoms with Gasteiger partial charge in [0.1, 0.15) is 5.57 Å². The van der Waals surface area contributed by atoms with Crippen molar-refractivity contribution in [3.8, 4) is 0 Å². The fourth-order valence-corrected chi connectivity index (χ4v) is 4.21. The van der Waals surface area contributed by atoms with Crippen LogP contribution in [0.4, 0.5) is 17.1 Å². The number of carbonyl (C=O) groups excluding carboxylic acids is 2. The van der Waals surface area contributed by atoms with E-state index in [-0.39, 0.29) is 28.8 Å². The predicted molar refractivity (Wildman–Crippen MR) is 125 cm³/mol. The van der Waals surface area contributed by atoms with Crippen molar-refractivity contribution >= 4 is 63.9 Å². The predicted octanol–water partition coefficient (Wildman–Crippen LogP) is -1.53. The highest BCUT2D eigenvalue weighted by atomic mass is 35.5. The summed E-state index contributed by atoms with van der Waals surface area (Å²) in [6.07, 6.45) is 1.38. The van der Waals surface area contributed by atoms with Crippen molar-refractivity contribution in [1.29, 1.82) is 0 Å². The summed E-state index contributed by atoms with van der Waals surface area (Å²) in [7, 11) is 0. The van der Waals surface area contributed by atoms with Gasteiger partial charge in [-0.2, -0.15) is 0 Å². The van der Waals surface area contributed by atoms with Crippen LogP contribution in [0.15, 0.2) is 48.0 Å². The smallest absolute Gasteiger partial charge is 0.270 e. The lowest BCUT2D eigenvalue weighted by Gasteiger charge is -2.30. The van der Waals surface area contributed by atoms with E-state index in [1.165, 1.54) is 18.2 Å². The van der Waals surface area contributed by atoms with Crippen LogP contribution in [0.2, 0.25) is 5.02 Å². The van der Waals surface area contributed by atoms with E-state index in [0.29, 0.717) is 22.0 Å². The minimum atomic E-state index is -0.673. The van der Waals surface area contributed by atoms with Gasteiger partial charge in [0.15, 0.2) is 5.11 Å². The van der Waals surface area contributed by atoms with Crippen molar-refractivity contribution in [2.24, 2.45) is 0 Å². The highest BCUT2D eigenvalue weighted by Gasteiger charge is 2.35. The third kappa shape index (κ3) is 4.98. The first-order valence-electron chi connectivity index (χ1n) is 9.88. The SMILES string of the molecule is O=C1NC(=S)N(c2ccccc2Cl)C(=O)/C1=C\c1cc([N+](=O)[O-])ccc1N1CC[NH2+]CC1.[Cl-]. The van der Waals surface area contributed by atoms with Crippen molar-refractivity contribution < 1.29 is 32.2 Å². The van der Waals surface area contributed by atoms with Crippen LogP contribution in [0.1, 0.15) is 5.56 Å². The third-order valence-electron chi connectivity index (χ3n) is 5.26. The molecule has 2 aromatic carbocycles. The summed E-state index contributed by atoms with van der Waals surface area (Å²) in [4.78, 5) is 40.1. The van der Waals surface area contributed by atoms with Gasteiger partial charge in [0, 0.05) is 23.4 Å². The number of benzene rings is 2. The van der Waals surface area contributed by atoms with E-state index < -0.39 is 16.7 Å². The first-order chi connectivity index (χ1) is 15.4. The first-order valence-corrected chi connectivity index (χ1v) is 10.7. The van der Waals surface area contributed by atoms with E-state index in [1.54, 1.807) is 30.3 Å². The molecule has 12 heteroatoms. The number of nitrogens with one attached hydrogen (secondary N) is 1. The molecule has 172 valence electrons. The molecule has 4 rings (SSSR count). The van der Waals surface area contributed by atoms with Gasteiger partial charge < -0.3 is 22.6 Å². The molecular weight excluding hydrogens is 489 g/mol. The summed E-state index contributed by atoms with van der Waals surface area (Å²) in [5, 5.41) is 16.3. The number of anilines is 2. The number of quaternary nitrogens is 1. The zero-order valence-electron chi connectivity index (χ0n) is 17.2. The largest absolute Gasteiger partial charge is 1.00 e. The molecule has 0 bridgehead atoms. The summed E-state index contributed by atoms with van der Waals surface area (Å²) in [5.41, 5.74) is 1.14. The Kier molecular flexibility index (Phi) is 7.65. The maximum absolute atomic E-state index is 13.3. The molecule has 0 aliphatic carbocycles. The molecule has 2 aliphatic rings. The first kappa shape index (κ1) is 24.6. The normalized spacial score (nSPS) is 17.6. The Hall–Kier alpha value is -3.05. The summed E-state index contributed by atoms with van der Waals surface area (Å²) >= 11 is 11.5. The number of nitro groups is 1. The molecule has 0 unspecified atom stereocenters. The second-order valence-corrected chi connectivity index (χ2v) is 8.06. The number of amides is 2. The van der Waals surface area contributed by atoms with Gasteiger partial charge in [-0.25, -0.2) is 0 Å². The van der Waals surface area contributed by atoms with Gasteiger partial charge in [0.2, 0.25) is 0 Å². The van der Waals surface area contributed by atoms with Crippen molar-refractivity contribution in [3.05, 3.63) is 68.7 Å². The molecule has 2 fully saturated rings. The zero-order valence-corrected chi connectivity index (χ0v) is 19.5. The second-order valence-electron chi connectivity index (χ2n) is 7.26. The van der Waals surface area contributed by atoms with Crippen LogP contribution in [0, 0.1) is 10.1 Å². The number of para-hydroxylation sites is 1. The van der Waals surface area contributed by atoms with Gasteiger partial charge >= 0.3 is 0 Å². The molecule has 0 aromatic heterocycles. The lowest BCUT2D eigenvalue weighted by atomic mass is 10.0. The van der Waals surface area contributed by atoms with Gasteiger partial charge in [-0.1, -0.05) is 23.7 Å². The lowest BCUT2D eigenvalue weighted by Crippen LogP contribution is -3.00. The number of nitrogens with zero attached hydrogens (tertiary/aromatic N) is 3. The molecule has 2 heterocycles. The Bertz CT molecular complexity index is 1170. The van der Waals surface area contributed by atoms with Crippen molar-refractivity contribution in [2.75, 3.05) is 36.0 Å². The summed E-state index contributed by atoms with van der Waals surface area (Å²) in [6, 6.07) is 11.1. The van der Waals surface area contributed by atoms with E-state index in [9.17, 15) is 19.7 Å².